The van der Waals surface area contributed by atoms with Crippen LogP contribution in [0.25, 0.3) is 22.5 Å². The molecule has 3 rings (SSSR count). The van der Waals surface area contributed by atoms with E-state index in [4.69, 9.17) is 33.0 Å². The molecule has 11 heteroatoms. The van der Waals surface area contributed by atoms with Gasteiger partial charge in [0.15, 0.2) is 0 Å². The number of phosphoric ester groups is 1. The van der Waals surface area contributed by atoms with E-state index in [2.05, 4.69) is 19.8 Å². The molecule has 8 nitrogen and oxygen atoms in total. The van der Waals surface area contributed by atoms with Crippen LogP contribution < -0.4 is 5.32 Å². The van der Waals surface area contributed by atoms with Crippen molar-refractivity contribution in [3.8, 4) is 22.5 Å². The van der Waals surface area contributed by atoms with Gasteiger partial charge in [-0.05, 0) is 36.6 Å². The van der Waals surface area contributed by atoms with E-state index in [0.29, 0.717) is 33.4 Å². The first-order valence-corrected chi connectivity index (χ1v) is 12.7. The summed E-state index contributed by atoms with van der Waals surface area (Å²) >= 11 is 12.0. The number of aromatic nitrogens is 2. The van der Waals surface area contributed by atoms with Gasteiger partial charge in [-0.25, -0.2) is 9.55 Å². The molecule has 3 N–H and O–H groups in total. The summed E-state index contributed by atoms with van der Waals surface area (Å²) in [7, 11) is -4.67. The van der Waals surface area contributed by atoms with Crippen LogP contribution in [0.3, 0.4) is 0 Å². The first-order valence-electron chi connectivity index (χ1n) is 10.4. The van der Waals surface area contributed by atoms with Crippen LogP contribution in [0.15, 0.2) is 54.7 Å². The molecule has 180 valence electrons. The van der Waals surface area contributed by atoms with E-state index in [1.54, 1.807) is 36.4 Å². The zero-order valence-corrected chi connectivity index (χ0v) is 20.9. The topological polar surface area (TPSA) is 122 Å². The molecular formula is C23H24Cl2N3O5P. The molecule has 34 heavy (non-hydrogen) atoms. The normalized spacial score (nSPS) is 12.6. The Kier molecular flexibility index (Phi) is 8.82. The van der Waals surface area contributed by atoms with Crippen molar-refractivity contribution in [3.63, 3.8) is 0 Å². The molecule has 0 aliphatic rings. The summed E-state index contributed by atoms with van der Waals surface area (Å²) in [6.07, 6.45) is 1.81. The van der Waals surface area contributed by atoms with Crippen LogP contribution in [0.4, 0.5) is 0 Å². The van der Waals surface area contributed by atoms with Gasteiger partial charge >= 0.3 is 7.82 Å². The average molecular weight is 524 g/mol. The molecule has 3 aromatic rings. The number of phosphoric acid groups is 1. The molecule has 0 spiro atoms. The highest BCUT2D eigenvalue weighted by Crippen LogP contribution is 2.36. The van der Waals surface area contributed by atoms with Crippen molar-refractivity contribution in [1.29, 1.82) is 0 Å². The number of carbonyl (C=O) groups excluding carboxylic acids is 1. The molecule has 0 saturated heterocycles. The SMILES string of the molecule is CC(C)C[C@@H](COP(=O)(O)O)NC(=O)c1cnc(-c2ccc(Cl)cc2)c(-c2ccc(Cl)cc2)n1. The zero-order valence-electron chi connectivity index (χ0n) is 18.5. The van der Waals surface area contributed by atoms with Gasteiger partial charge < -0.3 is 15.1 Å². The van der Waals surface area contributed by atoms with E-state index in [1.807, 2.05) is 26.0 Å². The summed E-state index contributed by atoms with van der Waals surface area (Å²) in [4.78, 5) is 40.1. The van der Waals surface area contributed by atoms with Crippen molar-refractivity contribution in [3.05, 3.63) is 70.5 Å². The van der Waals surface area contributed by atoms with Crippen LogP contribution in [0, 0.1) is 5.92 Å². The van der Waals surface area contributed by atoms with E-state index >= 15 is 0 Å². The number of benzene rings is 2. The number of carbonyl (C=O) groups is 1. The van der Waals surface area contributed by atoms with Crippen LogP contribution in [-0.4, -0.2) is 38.3 Å². The summed E-state index contributed by atoms with van der Waals surface area (Å²) < 4.78 is 15.7. The van der Waals surface area contributed by atoms with Crippen molar-refractivity contribution in [2.45, 2.75) is 26.3 Å². The van der Waals surface area contributed by atoms with Crippen molar-refractivity contribution >= 4 is 36.9 Å². The van der Waals surface area contributed by atoms with Gasteiger partial charge in [-0.15, -0.1) is 0 Å². The summed E-state index contributed by atoms with van der Waals surface area (Å²) in [6, 6.07) is 13.5. The maximum atomic E-state index is 13.0. The fourth-order valence-electron chi connectivity index (χ4n) is 3.31. The minimum atomic E-state index is -4.67. The second-order valence-electron chi connectivity index (χ2n) is 8.05. The number of nitrogens with one attached hydrogen (secondary N) is 1. The molecule has 0 unspecified atom stereocenters. The standard InChI is InChI=1S/C23H24Cl2N3O5P/c1-14(2)11-19(13-33-34(30,31)32)27-23(29)20-12-26-21(15-3-7-17(24)8-4-15)22(28-20)16-5-9-18(25)10-6-16/h3-10,12,14,19H,11,13H2,1-2H3,(H,27,29)(H2,30,31,32)/t19-/m0/s1. The van der Waals surface area contributed by atoms with Gasteiger partial charge in [-0.3, -0.25) is 14.3 Å². The van der Waals surface area contributed by atoms with Crippen molar-refractivity contribution < 1.29 is 23.7 Å². The van der Waals surface area contributed by atoms with Gasteiger partial charge in [-0.2, -0.15) is 0 Å². The average Bonchev–Trinajstić information content (AvgIpc) is 2.77. The van der Waals surface area contributed by atoms with Crippen LogP contribution in [0.2, 0.25) is 10.0 Å². The van der Waals surface area contributed by atoms with E-state index in [0.717, 1.165) is 5.56 Å². The highest BCUT2D eigenvalue weighted by Gasteiger charge is 2.23. The Morgan fingerprint density at radius 2 is 1.53 bits per heavy atom. The molecule has 0 fully saturated rings. The van der Waals surface area contributed by atoms with Gasteiger partial charge in [0.25, 0.3) is 5.91 Å². The summed E-state index contributed by atoms with van der Waals surface area (Å²) in [5.74, 6) is -0.390. The smallest absolute Gasteiger partial charge is 0.346 e. The maximum absolute atomic E-state index is 13.0. The first-order chi connectivity index (χ1) is 16.0. The Bertz CT molecular complexity index is 1180. The third kappa shape index (κ3) is 7.60. The Hall–Kier alpha value is -2.32. The summed E-state index contributed by atoms with van der Waals surface area (Å²) in [5.41, 5.74) is 2.55. The molecule has 0 saturated carbocycles. The number of rotatable bonds is 9. The molecule has 1 amide bonds. The fraction of sp³-hybridized carbons (Fsp3) is 0.261. The van der Waals surface area contributed by atoms with Gasteiger partial charge in [0.2, 0.25) is 0 Å². The molecule has 0 radical (unpaired) electrons. The van der Waals surface area contributed by atoms with E-state index in [-0.39, 0.29) is 18.2 Å². The number of amides is 1. The van der Waals surface area contributed by atoms with Gasteiger partial charge in [0.1, 0.15) is 5.69 Å². The predicted molar refractivity (Wildman–Crippen MR) is 132 cm³/mol. The van der Waals surface area contributed by atoms with Crippen molar-refractivity contribution in [1.82, 2.24) is 15.3 Å². The monoisotopic (exact) mass is 523 g/mol. The summed E-state index contributed by atoms with van der Waals surface area (Å²) in [5, 5.41) is 3.88. The second kappa shape index (κ2) is 11.4. The Morgan fingerprint density at radius 3 is 2.03 bits per heavy atom. The number of hydrogen-bond donors (Lipinski definition) is 3. The Labute approximate surface area is 207 Å². The molecule has 1 aromatic heterocycles. The maximum Gasteiger partial charge on any atom is 0.469 e. The highest BCUT2D eigenvalue weighted by atomic mass is 35.5. The van der Waals surface area contributed by atoms with E-state index in [1.165, 1.54) is 6.20 Å². The largest absolute Gasteiger partial charge is 0.469 e. The quantitative estimate of drug-likeness (QED) is 0.322. The highest BCUT2D eigenvalue weighted by molar-refractivity contribution is 7.46. The fourth-order valence-corrected chi connectivity index (χ4v) is 3.94. The molecule has 1 heterocycles. The zero-order chi connectivity index (χ0) is 24.9. The lowest BCUT2D eigenvalue weighted by atomic mass is 10.0. The molecular weight excluding hydrogens is 500 g/mol. The first kappa shape index (κ1) is 26.3. The lowest BCUT2D eigenvalue weighted by Gasteiger charge is -2.21. The third-order valence-corrected chi connectivity index (χ3v) is 5.76. The molecule has 0 aliphatic heterocycles. The van der Waals surface area contributed by atoms with E-state index in [9.17, 15) is 9.36 Å². The molecule has 0 aliphatic carbocycles. The lowest BCUT2D eigenvalue weighted by Crippen LogP contribution is -2.39. The second-order valence-corrected chi connectivity index (χ2v) is 10.2. The lowest BCUT2D eigenvalue weighted by molar-refractivity contribution is 0.0894. The third-order valence-electron chi connectivity index (χ3n) is 4.78. The molecule has 0 bridgehead atoms. The van der Waals surface area contributed by atoms with Crippen LogP contribution in [-0.2, 0) is 9.09 Å². The Balaban J connectivity index is 1.95. The van der Waals surface area contributed by atoms with Gasteiger partial charge in [0, 0.05) is 21.2 Å². The van der Waals surface area contributed by atoms with Crippen LogP contribution >= 0.6 is 31.0 Å². The molecule has 2 aromatic carbocycles. The molecule has 1 atom stereocenters. The number of hydrogen-bond acceptors (Lipinski definition) is 5. The predicted octanol–water partition coefficient (Wildman–Crippen LogP) is 5.37. The Morgan fingerprint density at radius 1 is 1.00 bits per heavy atom. The van der Waals surface area contributed by atoms with Gasteiger partial charge in [0.05, 0.1) is 30.2 Å². The minimum Gasteiger partial charge on any atom is -0.346 e. The van der Waals surface area contributed by atoms with Gasteiger partial charge in [-0.1, -0.05) is 61.3 Å². The van der Waals surface area contributed by atoms with Crippen LogP contribution in [0.1, 0.15) is 30.8 Å². The summed E-state index contributed by atoms with van der Waals surface area (Å²) in [6.45, 7) is 3.51. The van der Waals surface area contributed by atoms with Crippen LogP contribution in [0.5, 0.6) is 0 Å². The van der Waals surface area contributed by atoms with Crippen molar-refractivity contribution in [2.75, 3.05) is 6.61 Å². The minimum absolute atomic E-state index is 0.0487. The van der Waals surface area contributed by atoms with Crippen molar-refractivity contribution in [2.24, 2.45) is 5.92 Å². The number of nitrogens with zero attached hydrogens (tertiary/aromatic N) is 2. The number of halogens is 2. The van der Waals surface area contributed by atoms with E-state index < -0.39 is 19.8 Å².